The Hall–Kier alpha value is 0.01000. The van der Waals surface area contributed by atoms with E-state index >= 15 is 0 Å². The molecule has 0 radical (unpaired) electrons. The molecule has 2 aliphatic rings. The Balaban J connectivity index is 0.000000845. The average molecular weight is 241 g/mol. The first-order chi connectivity index (χ1) is 5.77. The molecule has 0 atom stereocenters. The van der Waals surface area contributed by atoms with Crippen molar-refractivity contribution >= 4 is 30.7 Å². The van der Waals surface area contributed by atoms with Crippen LogP contribution in [0.3, 0.4) is 0 Å². The summed E-state index contributed by atoms with van der Waals surface area (Å²) in [4.78, 5) is 13.5. The van der Waals surface area contributed by atoms with Gasteiger partial charge in [0, 0.05) is 25.0 Å². The molecule has 0 aromatic carbocycles. The maximum Gasteiger partial charge on any atom is 0.225 e. The van der Waals surface area contributed by atoms with Crippen molar-refractivity contribution in [1.82, 2.24) is 4.90 Å². The number of hydrogen-bond acceptors (Lipinski definition) is 2. The summed E-state index contributed by atoms with van der Waals surface area (Å²) in [6.07, 6.45) is 4.19. The van der Waals surface area contributed by atoms with Crippen LogP contribution in [0, 0.1) is 5.92 Å². The van der Waals surface area contributed by atoms with Gasteiger partial charge in [-0.2, -0.15) is 0 Å². The van der Waals surface area contributed by atoms with Gasteiger partial charge in [0.25, 0.3) is 0 Å². The van der Waals surface area contributed by atoms with Gasteiger partial charge in [0.1, 0.15) is 0 Å². The largest absolute Gasteiger partial charge is 0.342 e. The van der Waals surface area contributed by atoms with E-state index in [0.717, 1.165) is 38.8 Å². The Morgan fingerprint density at radius 3 is 2.00 bits per heavy atom. The Bertz CT molecular complexity index is 189. The number of carbonyl (C=O) groups excluding carboxylic acids is 1. The first kappa shape index (κ1) is 14.0. The fraction of sp³-hybridized carbons (Fsp3) is 0.889. The van der Waals surface area contributed by atoms with Gasteiger partial charge in [-0.3, -0.25) is 4.79 Å². The average Bonchev–Trinajstić information content (AvgIpc) is 2.87. The van der Waals surface area contributed by atoms with Gasteiger partial charge < -0.3 is 10.6 Å². The third-order valence-electron chi connectivity index (χ3n) is 2.78. The maximum atomic E-state index is 11.6. The van der Waals surface area contributed by atoms with E-state index in [-0.39, 0.29) is 24.8 Å². The summed E-state index contributed by atoms with van der Waals surface area (Å²) in [7, 11) is 0. The van der Waals surface area contributed by atoms with Gasteiger partial charge in [-0.05, 0) is 25.7 Å². The third-order valence-corrected chi connectivity index (χ3v) is 2.78. The number of hydrogen-bond donors (Lipinski definition) is 1. The van der Waals surface area contributed by atoms with Gasteiger partial charge in [-0.15, -0.1) is 24.8 Å². The number of carbonyl (C=O) groups is 1. The van der Waals surface area contributed by atoms with Gasteiger partial charge in [0.15, 0.2) is 0 Å². The molecule has 2 fully saturated rings. The lowest BCUT2D eigenvalue weighted by atomic mass is 10.1. The van der Waals surface area contributed by atoms with Crippen molar-refractivity contribution in [3.8, 4) is 0 Å². The topological polar surface area (TPSA) is 46.3 Å². The number of amides is 1. The van der Waals surface area contributed by atoms with E-state index in [4.69, 9.17) is 5.73 Å². The monoisotopic (exact) mass is 240 g/mol. The van der Waals surface area contributed by atoms with Crippen molar-refractivity contribution in [3.63, 3.8) is 0 Å². The highest BCUT2D eigenvalue weighted by molar-refractivity contribution is 5.85. The van der Waals surface area contributed by atoms with Crippen LogP contribution in [-0.2, 0) is 4.79 Å². The summed E-state index contributed by atoms with van der Waals surface area (Å²) >= 11 is 0. The minimum absolute atomic E-state index is 0. The van der Waals surface area contributed by atoms with E-state index in [0.29, 0.717) is 17.9 Å². The number of likely N-dealkylation sites (tertiary alicyclic amines) is 1. The molecule has 14 heavy (non-hydrogen) atoms. The maximum absolute atomic E-state index is 11.6. The van der Waals surface area contributed by atoms with Crippen molar-refractivity contribution in [3.05, 3.63) is 0 Å². The van der Waals surface area contributed by atoms with Crippen molar-refractivity contribution in [2.24, 2.45) is 11.7 Å². The van der Waals surface area contributed by atoms with Crippen LogP contribution >= 0.6 is 24.8 Å². The molecule has 84 valence electrons. The third kappa shape index (κ3) is 3.30. The minimum Gasteiger partial charge on any atom is -0.342 e. The van der Waals surface area contributed by atoms with Gasteiger partial charge in [-0.25, -0.2) is 0 Å². The molecule has 0 bridgehead atoms. The van der Waals surface area contributed by atoms with Crippen LogP contribution in [0.5, 0.6) is 0 Å². The van der Waals surface area contributed by atoms with E-state index in [1.807, 2.05) is 4.90 Å². The predicted octanol–water partition coefficient (Wildman–Crippen LogP) is 1.19. The van der Waals surface area contributed by atoms with E-state index in [1.54, 1.807) is 0 Å². The van der Waals surface area contributed by atoms with Crippen molar-refractivity contribution < 1.29 is 4.79 Å². The lowest BCUT2D eigenvalue weighted by molar-refractivity contribution is -0.133. The number of piperidine rings is 1. The second kappa shape index (κ2) is 5.79. The summed E-state index contributed by atoms with van der Waals surface area (Å²) in [5.41, 5.74) is 5.75. The summed E-state index contributed by atoms with van der Waals surface area (Å²) < 4.78 is 0. The fourth-order valence-electron chi connectivity index (χ4n) is 1.71. The van der Waals surface area contributed by atoms with Gasteiger partial charge in [0.2, 0.25) is 5.91 Å². The minimum atomic E-state index is 0. The van der Waals surface area contributed by atoms with Crippen LogP contribution < -0.4 is 5.73 Å². The summed E-state index contributed by atoms with van der Waals surface area (Å²) in [6.45, 7) is 1.77. The highest BCUT2D eigenvalue weighted by atomic mass is 35.5. The number of rotatable bonds is 1. The molecule has 0 aromatic heterocycles. The van der Waals surface area contributed by atoms with E-state index in [2.05, 4.69) is 0 Å². The Kier molecular flexibility index (Phi) is 5.79. The van der Waals surface area contributed by atoms with E-state index < -0.39 is 0 Å². The van der Waals surface area contributed by atoms with Crippen molar-refractivity contribution in [1.29, 1.82) is 0 Å². The van der Waals surface area contributed by atoms with Crippen LogP contribution in [0.25, 0.3) is 0 Å². The van der Waals surface area contributed by atoms with E-state index in [1.165, 1.54) is 0 Å². The molecule has 0 aromatic rings. The molecule has 1 saturated carbocycles. The molecule has 2 N–H and O–H groups in total. The molecule has 2 rings (SSSR count). The second-order valence-electron chi connectivity index (χ2n) is 3.94. The fourth-order valence-corrected chi connectivity index (χ4v) is 1.71. The molecular formula is C9H18Cl2N2O. The smallest absolute Gasteiger partial charge is 0.225 e. The molecule has 0 unspecified atom stereocenters. The number of halogens is 2. The predicted molar refractivity (Wildman–Crippen MR) is 61.0 cm³/mol. The molecule has 5 heteroatoms. The molecular weight excluding hydrogens is 223 g/mol. The summed E-state index contributed by atoms with van der Waals surface area (Å²) in [5.74, 6) is 0.751. The molecule has 1 aliphatic carbocycles. The lowest BCUT2D eigenvalue weighted by Gasteiger charge is -2.30. The highest BCUT2D eigenvalue weighted by Gasteiger charge is 2.34. The first-order valence-corrected chi connectivity index (χ1v) is 4.82. The summed E-state index contributed by atoms with van der Waals surface area (Å²) in [5, 5.41) is 0. The van der Waals surface area contributed by atoms with Gasteiger partial charge in [-0.1, -0.05) is 0 Å². The Morgan fingerprint density at radius 2 is 1.57 bits per heavy atom. The van der Waals surface area contributed by atoms with Crippen LogP contribution in [0.2, 0.25) is 0 Å². The molecule has 1 aliphatic heterocycles. The quantitative estimate of drug-likeness (QED) is 0.749. The first-order valence-electron chi connectivity index (χ1n) is 4.82. The number of nitrogens with two attached hydrogens (primary N) is 1. The van der Waals surface area contributed by atoms with E-state index in [9.17, 15) is 4.79 Å². The van der Waals surface area contributed by atoms with Crippen LogP contribution in [0.15, 0.2) is 0 Å². The van der Waals surface area contributed by atoms with Crippen molar-refractivity contribution in [2.45, 2.75) is 31.7 Å². The molecule has 0 spiro atoms. The standard InChI is InChI=1S/C9H16N2O.2ClH/c10-8-3-5-11(6-4-8)9(12)7-1-2-7;;/h7-8H,1-6,10H2;2*1H. The van der Waals surface area contributed by atoms with Gasteiger partial charge >= 0.3 is 0 Å². The van der Waals surface area contributed by atoms with Crippen molar-refractivity contribution in [2.75, 3.05) is 13.1 Å². The van der Waals surface area contributed by atoms with Crippen LogP contribution in [0.1, 0.15) is 25.7 Å². The highest BCUT2D eigenvalue weighted by Crippen LogP contribution is 2.31. The van der Waals surface area contributed by atoms with Gasteiger partial charge in [0.05, 0.1) is 0 Å². The SMILES string of the molecule is Cl.Cl.NC1CCN(C(=O)C2CC2)CC1. The van der Waals surface area contributed by atoms with Crippen LogP contribution in [-0.4, -0.2) is 29.9 Å². The molecule has 3 nitrogen and oxygen atoms in total. The Labute approximate surface area is 97.2 Å². The zero-order valence-electron chi connectivity index (χ0n) is 8.15. The second-order valence-corrected chi connectivity index (χ2v) is 3.94. The molecule has 1 amide bonds. The molecule has 1 heterocycles. The van der Waals surface area contributed by atoms with Crippen LogP contribution in [0.4, 0.5) is 0 Å². The molecule has 1 saturated heterocycles. The Morgan fingerprint density at radius 1 is 1.07 bits per heavy atom. The zero-order chi connectivity index (χ0) is 8.55. The number of nitrogens with zero attached hydrogens (tertiary/aromatic N) is 1. The summed E-state index contributed by atoms with van der Waals surface area (Å²) in [6, 6.07) is 0.327. The zero-order valence-corrected chi connectivity index (χ0v) is 9.78. The lowest BCUT2D eigenvalue weighted by Crippen LogP contribution is -2.43. The normalized spacial score (nSPS) is 22.2.